The number of nitrogens with zero attached hydrogens (tertiary/aromatic N) is 4. The molecule has 0 spiro atoms. The van der Waals surface area contributed by atoms with E-state index in [0.717, 1.165) is 34.0 Å². The first-order valence-corrected chi connectivity index (χ1v) is 11.8. The summed E-state index contributed by atoms with van der Waals surface area (Å²) in [4.78, 5) is 17.1. The number of carbonyl (C=O) groups excluding carboxylic acids is 1. The number of hydrazone groups is 1. The van der Waals surface area contributed by atoms with Gasteiger partial charge in [0.1, 0.15) is 10.8 Å². The van der Waals surface area contributed by atoms with Gasteiger partial charge in [0, 0.05) is 22.6 Å². The van der Waals surface area contributed by atoms with Gasteiger partial charge >= 0.3 is 0 Å². The third kappa shape index (κ3) is 3.86. The van der Waals surface area contributed by atoms with Gasteiger partial charge in [-0.25, -0.2) is 0 Å². The zero-order chi connectivity index (χ0) is 23.8. The second kappa shape index (κ2) is 8.79. The molecule has 170 valence electrons. The van der Waals surface area contributed by atoms with E-state index in [2.05, 4.69) is 14.7 Å². The molecule has 0 aliphatic carbocycles. The Morgan fingerprint density at radius 3 is 2.53 bits per heavy atom. The molecule has 0 unspecified atom stereocenters. The van der Waals surface area contributed by atoms with Crippen LogP contribution in [0.2, 0.25) is 0 Å². The lowest BCUT2D eigenvalue weighted by molar-refractivity contribution is -0.114. The molecule has 34 heavy (non-hydrogen) atoms. The molecule has 3 aromatic rings. The molecule has 2 aliphatic heterocycles. The Balaban J connectivity index is 1.48. The number of amides is 1. The van der Waals surface area contributed by atoms with E-state index in [-0.39, 0.29) is 11.4 Å². The summed E-state index contributed by atoms with van der Waals surface area (Å²) in [6, 6.07) is 19.6. The lowest BCUT2D eigenvalue weighted by Gasteiger charge is -2.20. The van der Waals surface area contributed by atoms with Gasteiger partial charge in [-0.1, -0.05) is 30.3 Å². The van der Waals surface area contributed by atoms with Crippen molar-refractivity contribution in [1.82, 2.24) is 9.58 Å². The van der Waals surface area contributed by atoms with Crippen molar-refractivity contribution in [3.05, 3.63) is 88.8 Å². The molecule has 0 saturated carbocycles. The Hall–Kier alpha value is -3.91. The molecule has 0 radical (unpaired) electrons. The van der Waals surface area contributed by atoms with Gasteiger partial charge in [-0.05, 0) is 74.5 Å². The van der Waals surface area contributed by atoms with Crippen LogP contribution in [0.1, 0.15) is 29.4 Å². The number of hydrogen-bond donors (Lipinski definition) is 1. The highest BCUT2D eigenvalue weighted by atomic mass is 32.2. The van der Waals surface area contributed by atoms with Crippen molar-refractivity contribution in [3.8, 4) is 11.4 Å². The van der Waals surface area contributed by atoms with Crippen molar-refractivity contribution >= 4 is 39.8 Å². The summed E-state index contributed by atoms with van der Waals surface area (Å²) in [6.07, 6.45) is 1.74. The third-order valence-electron chi connectivity index (χ3n) is 5.65. The normalized spacial score (nSPS) is 16.6. The highest BCUT2D eigenvalue weighted by molar-refractivity contribution is 8.27. The van der Waals surface area contributed by atoms with Crippen molar-refractivity contribution < 1.29 is 9.53 Å². The number of fused-ring (bicyclic) bond motifs is 1. The standard InChI is InChI=1S/C26H23N5O2S/c1-4-33-21-12-10-20(11-13-21)30-16(2)14-19(17(30)3)15-22-23(27)31-26(28-24(22)32)34-25(29-31)18-8-6-5-7-9-18/h5-15,27H,4H2,1-3H3/b22-15-,27-23?. The predicted molar refractivity (Wildman–Crippen MR) is 137 cm³/mol. The monoisotopic (exact) mass is 469 g/mol. The van der Waals surface area contributed by atoms with Gasteiger partial charge < -0.3 is 9.30 Å². The molecule has 0 bridgehead atoms. The van der Waals surface area contributed by atoms with Crippen LogP contribution < -0.4 is 4.74 Å². The van der Waals surface area contributed by atoms with Crippen LogP contribution >= 0.6 is 11.8 Å². The van der Waals surface area contributed by atoms with Crippen molar-refractivity contribution in [1.29, 1.82) is 5.41 Å². The number of amidine groups is 2. The zero-order valence-corrected chi connectivity index (χ0v) is 19.9. The lowest BCUT2D eigenvalue weighted by Crippen LogP contribution is -2.35. The molecule has 2 aromatic carbocycles. The number of thioether (sulfide) groups is 1. The van der Waals surface area contributed by atoms with E-state index in [1.54, 1.807) is 6.08 Å². The number of hydrogen-bond acceptors (Lipinski definition) is 5. The van der Waals surface area contributed by atoms with Gasteiger partial charge in [-0.3, -0.25) is 10.2 Å². The fraction of sp³-hybridized carbons (Fsp3) is 0.154. The third-order valence-corrected chi connectivity index (χ3v) is 6.61. The van der Waals surface area contributed by atoms with Crippen molar-refractivity contribution in [2.45, 2.75) is 20.8 Å². The Morgan fingerprint density at radius 2 is 1.82 bits per heavy atom. The number of aromatic nitrogens is 1. The minimum atomic E-state index is -0.431. The maximum Gasteiger partial charge on any atom is 0.283 e. The second-order valence-corrected chi connectivity index (χ2v) is 8.84. The highest BCUT2D eigenvalue weighted by Crippen LogP contribution is 2.32. The van der Waals surface area contributed by atoms with E-state index in [4.69, 9.17) is 10.1 Å². The van der Waals surface area contributed by atoms with Gasteiger partial charge in [0.15, 0.2) is 5.84 Å². The lowest BCUT2D eigenvalue weighted by atomic mass is 10.1. The second-order valence-electron chi connectivity index (χ2n) is 7.88. The molecule has 7 nitrogen and oxygen atoms in total. The van der Waals surface area contributed by atoms with Crippen LogP contribution in [-0.2, 0) is 4.79 Å². The molecule has 0 atom stereocenters. The molecular weight excluding hydrogens is 446 g/mol. The van der Waals surface area contributed by atoms with E-state index in [1.165, 1.54) is 16.8 Å². The van der Waals surface area contributed by atoms with Crippen molar-refractivity contribution in [3.63, 3.8) is 0 Å². The van der Waals surface area contributed by atoms with Gasteiger partial charge in [-0.2, -0.15) is 15.1 Å². The predicted octanol–water partition coefficient (Wildman–Crippen LogP) is 5.16. The first kappa shape index (κ1) is 21.9. The Bertz CT molecular complexity index is 1380. The van der Waals surface area contributed by atoms with Crippen LogP contribution in [0.4, 0.5) is 0 Å². The molecule has 2 aliphatic rings. The summed E-state index contributed by atoms with van der Waals surface area (Å²) in [7, 11) is 0. The van der Waals surface area contributed by atoms with Gasteiger partial charge in [-0.15, -0.1) is 0 Å². The fourth-order valence-electron chi connectivity index (χ4n) is 4.03. The van der Waals surface area contributed by atoms with Crippen LogP contribution in [0.25, 0.3) is 11.8 Å². The number of benzene rings is 2. The Morgan fingerprint density at radius 1 is 1.09 bits per heavy atom. The first-order valence-electron chi connectivity index (χ1n) is 10.9. The number of ether oxygens (including phenoxy) is 1. The number of carbonyl (C=O) groups is 1. The van der Waals surface area contributed by atoms with Gasteiger partial charge in [0.25, 0.3) is 5.91 Å². The number of rotatable bonds is 5. The van der Waals surface area contributed by atoms with Crippen LogP contribution in [0.3, 0.4) is 0 Å². The summed E-state index contributed by atoms with van der Waals surface area (Å²) in [5, 5.41) is 15.8. The van der Waals surface area contributed by atoms with E-state index < -0.39 is 5.91 Å². The smallest absolute Gasteiger partial charge is 0.283 e. The van der Waals surface area contributed by atoms with Crippen LogP contribution in [0.15, 0.2) is 76.3 Å². The topological polar surface area (TPSA) is 83.0 Å². The van der Waals surface area contributed by atoms with Crippen molar-refractivity contribution in [2.24, 2.45) is 10.1 Å². The summed E-state index contributed by atoms with van der Waals surface area (Å²) in [5.41, 5.74) is 4.99. The van der Waals surface area contributed by atoms with E-state index in [0.29, 0.717) is 16.8 Å². The number of aliphatic imine (C=N–C) groups is 1. The quantitative estimate of drug-likeness (QED) is 0.523. The van der Waals surface area contributed by atoms with E-state index in [9.17, 15) is 4.79 Å². The first-order chi connectivity index (χ1) is 16.5. The molecule has 0 saturated heterocycles. The minimum absolute atomic E-state index is 0.0271. The van der Waals surface area contributed by atoms with Gasteiger partial charge in [0.2, 0.25) is 5.17 Å². The Labute approximate surface area is 202 Å². The molecule has 5 rings (SSSR count). The minimum Gasteiger partial charge on any atom is -0.494 e. The SMILES string of the molecule is CCOc1ccc(-n2c(C)cc(/C=C3/C(=N)N4N=C(c5ccccc5)SC4=NC3=O)c2C)cc1. The molecular formula is C26H23N5O2S. The van der Waals surface area contributed by atoms with E-state index in [1.807, 2.05) is 81.4 Å². The summed E-state index contributed by atoms with van der Waals surface area (Å²) < 4.78 is 7.66. The average Bonchev–Trinajstić information content (AvgIpc) is 3.38. The molecule has 3 heterocycles. The largest absolute Gasteiger partial charge is 0.494 e. The average molecular weight is 470 g/mol. The van der Waals surface area contributed by atoms with Crippen LogP contribution in [0, 0.1) is 19.3 Å². The molecule has 1 aromatic heterocycles. The van der Waals surface area contributed by atoms with Crippen LogP contribution in [-0.4, -0.2) is 38.1 Å². The molecule has 8 heteroatoms. The maximum absolute atomic E-state index is 12.9. The summed E-state index contributed by atoms with van der Waals surface area (Å²) in [6.45, 7) is 6.59. The number of aryl methyl sites for hydroxylation is 1. The molecule has 0 fully saturated rings. The summed E-state index contributed by atoms with van der Waals surface area (Å²) >= 11 is 1.30. The Kier molecular flexibility index (Phi) is 5.67. The highest BCUT2D eigenvalue weighted by Gasteiger charge is 2.36. The molecule has 1 N–H and O–H groups in total. The fourth-order valence-corrected chi connectivity index (χ4v) is 4.93. The van der Waals surface area contributed by atoms with Crippen molar-refractivity contribution in [2.75, 3.05) is 6.61 Å². The maximum atomic E-state index is 12.9. The van der Waals surface area contributed by atoms with Crippen LogP contribution in [0.5, 0.6) is 5.75 Å². The molecule has 1 amide bonds. The zero-order valence-electron chi connectivity index (χ0n) is 19.1. The number of nitrogens with one attached hydrogen (secondary N) is 1. The van der Waals surface area contributed by atoms with E-state index >= 15 is 0 Å². The summed E-state index contributed by atoms with van der Waals surface area (Å²) in [5.74, 6) is 0.420. The van der Waals surface area contributed by atoms with Gasteiger partial charge in [0.05, 0.1) is 12.2 Å².